The fourth-order valence-electron chi connectivity index (χ4n) is 4.31. The number of aryl methyl sites for hydroxylation is 1. The number of halogens is 1. The highest BCUT2D eigenvalue weighted by atomic mass is 19.1. The second-order valence-electron chi connectivity index (χ2n) is 8.21. The van der Waals surface area contributed by atoms with E-state index in [1.807, 2.05) is 19.9 Å². The zero-order valence-electron chi connectivity index (χ0n) is 18.7. The number of fused-ring (bicyclic) bond motifs is 1. The van der Waals surface area contributed by atoms with Crippen LogP contribution in [0.3, 0.4) is 0 Å². The van der Waals surface area contributed by atoms with Gasteiger partial charge in [-0.3, -0.25) is 14.2 Å². The molecule has 3 aromatic rings. The Morgan fingerprint density at radius 1 is 1.25 bits per heavy atom. The lowest BCUT2D eigenvalue weighted by atomic mass is 10.1. The maximum atomic E-state index is 13.9. The number of nitrogens with one attached hydrogen (secondary N) is 2. The largest absolute Gasteiger partial charge is 0.491 e. The maximum absolute atomic E-state index is 13.9. The molecule has 0 atom stereocenters. The van der Waals surface area contributed by atoms with E-state index in [4.69, 9.17) is 4.74 Å². The molecule has 2 N–H and O–H groups in total. The molecule has 1 aliphatic rings. The van der Waals surface area contributed by atoms with E-state index in [1.165, 1.54) is 16.7 Å². The van der Waals surface area contributed by atoms with Crippen LogP contribution in [0.1, 0.15) is 42.9 Å². The Hall–Kier alpha value is -3.13. The van der Waals surface area contributed by atoms with Crippen molar-refractivity contribution in [1.29, 1.82) is 0 Å². The van der Waals surface area contributed by atoms with Crippen LogP contribution >= 0.6 is 0 Å². The summed E-state index contributed by atoms with van der Waals surface area (Å²) in [7, 11) is 2.07. The van der Waals surface area contributed by atoms with Crippen molar-refractivity contribution in [2.75, 3.05) is 26.7 Å². The number of rotatable bonds is 6. The molecule has 32 heavy (non-hydrogen) atoms. The summed E-state index contributed by atoms with van der Waals surface area (Å²) in [6.07, 6.45) is 2.30. The number of aromatic nitrogens is 2. The summed E-state index contributed by atoms with van der Waals surface area (Å²) in [6.45, 7) is 5.89. The number of likely N-dealkylation sites (tertiary alicyclic amines) is 1. The predicted molar refractivity (Wildman–Crippen MR) is 122 cm³/mol. The lowest BCUT2D eigenvalue weighted by Crippen LogP contribution is -2.43. The van der Waals surface area contributed by atoms with E-state index in [0.717, 1.165) is 25.9 Å². The fraction of sp³-hybridized carbons (Fsp3) is 0.417. The van der Waals surface area contributed by atoms with Crippen molar-refractivity contribution >= 4 is 16.8 Å². The zero-order valence-corrected chi connectivity index (χ0v) is 18.7. The number of pyridine rings is 1. The lowest BCUT2D eigenvalue weighted by Gasteiger charge is -2.29. The third-order valence-corrected chi connectivity index (χ3v) is 6.00. The molecule has 0 aliphatic carbocycles. The first-order valence-corrected chi connectivity index (χ1v) is 11.1. The second-order valence-corrected chi connectivity index (χ2v) is 8.21. The first-order valence-electron chi connectivity index (χ1n) is 11.1. The Labute approximate surface area is 186 Å². The minimum absolute atomic E-state index is 0.0785. The summed E-state index contributed by atoms with van der Waals surface area (Å²) >= 11 is 0. The monoisotopic (exact) mass is 440 g/mol. The number of hydrogen-bond donors (Lipinski definition) is 2. The number of benzene rings is 1. The molecule has 1 amide bonds. The minimum Gasteiger partial charge on any atom is -0.491 e. The Kier molecular flexibility index (Phi) is 6.32. The van der Waals surface area contributed by atoms with Crippen LogP contribution in [-0.4, -0.2) is 53.1 Å². The van der Waals surface area contributed by atoms with Crippen LogP contribution in [0.15, 0.2) is 35.1 Å². The molecule has 0 bridgehead atoms. The van der Waals surface area contributed by atoms with E-state index in [-0.39, 0.29) is 29.0 Å². The van der Waals surface area contributed by atoms with Gasteiger partial charge in [0.15, 0.2) is 5.75 Å². The van der Waals surface area contributed by atoms with E-state index >= 15 is 0 Å². The normalized spacial score (nSPS) is 15.2. The summed E-state index contributed by atoms with van der Waals surface area (Å²) in [6, 6.07) is 7.84. The maximum Gasteiger partial charge on any atom is 0.271 e. The number of aromatic amines is 1. The molecular weight excluding hydrogens is 411 g/mol. The Morgan fingerprint density at radius 2 is 2.00 bits per heavy atom. The number of ether oxygens (including phenoxy) is 1. The number of carbonyl (C=O) groups excluding carboxylic acids is 1. The molecule has 0 unspecified atom stereocenters. The molecule has 0 saturated carbocycles. The Bertz CT molecular complexity index is 1190. The van der Waals surface area contributed by atoms with E-state index in [1.54, 1.807) is 12.1 Å². The molecule has 1 saturated heterocycles. The van der Waals surface area contributed by atoms with Crippen molar-refractivity contribution in [3.63, 3.8) is 0 Å². The standard InChI is InChI=1S/C24H29FN4O3/c1-4-17-14-19-20(24(31)29(17)18-8-6-7-15(25)13-18)22(32-5-2)21(27-19)23(30)26-16-9-11-28(3)12-10-16/h6-8,13-14,16,27H,4-5,9-12H2,1-3H3,(H,26,30). The van der Waals surface area contributed by atoms with Crippen LogP contribution in [0.2, 0.25) is 0 Å². The summed E-state index contributed by atoms with van der Waals surface area (Å²) in [5.41, 5.74) is 1.59. The molecule has 3 heterocycles. The van der Waals surface area contributed by atoms with E-state index in [9.17, 15) is 14.0 Å². The van der Waals surface area contributed by atoms with Crippen molar-refractivity contribution in [2.45, 2.75) is 39.2 Å². The smallest absolute Gasteiger partial charge is 0.271 e. The number of nitrogens with zero attached hydrogens (tertiary/aromatic N) is 2. The van der Waals surface area contributed by atoms with Gasteiger partial charge in [-0.25, -0.2) is 4.39 Å². The molecular formula is C24H29FN4O3. The number of hydrogen-bond acceptors (Lipinski definition) is 4. The van der Waals surface area contributed by atoms with Crippen LogP contribution in [0.4, 0.5) is 4.39 Å². The van der Waals surface area contributed by atoms with Gasteiger partial charge in [0.1, 0.15) is 16.9 Å². The van der Waals surface area contributed by atoms with Crippen LogP contribution in [0.5, 0.6) is 5.75 Å². The summed E-state index contributed by atoms with van der Waals surface area (Å²) < 4.78 is 21.2. The average Bonchev–Trinajstić information content (AvgIpc) is 3.14. The van der Waals surface area contributed by atoms with Crippen LogP contribution in [-0.2, 0) is 6.42 Å². The number of H-pyrrole nitrogens is 1. The molecule has 8 heteroatoms. The van der Waals surface area contributed by atoms with Crippen molar-refractivity contribution in [1.82, 2.24) is 19.8 Å². The fourth-order valence-corrected chi connectivity index (χ4v) is 4.31. The summed E-state index contributed by atoms with van der Waals surface area (Å²) in [4.78, 5) is 32.1. The molecule has 170 valence electrons. The third kappa shape index (κ3) is 4.14. The topological polar surface area (TPSA) is 79.4 Å². The van der Waals surface area contributed by atoms with Crippen molar-refractivity contribution in [3.8, 4) is 11.4 Å². The zero-order chi connectivity index (χ0) is 22.8. The van der Waals surface area contributed by atoms with Crippen molar-refractivity contribution in [3.05, 3.63) is 57.9 Å². The van der Waals surface area contributed by atoms with Gasteiger partial charge in [0.25, 0.3) is 11.5 Å². The third-order valence-electron chi connectivity index (χ3n) is 6.00. The number of amides is 1. The highest BCUT2D eigenvalue weighted by molar-refractivity contribution is 6.03. The molecule has 0 radical (unpaired) electrons. The van der Waals surface area contributed by atoms with Gasteiger partial charge in [0, 0.05) is 11.7 Å². The molecule has 7 nitrogen and oxygen atoms in total. The number of piperidine rings is 1. The van der Waals surface area contributed by atoms with Crippen molar-refractivity contribution in [2.24, 2.45) is 0 Å². The summed E-state index contributed by atoms with van der Waals surface area (Å²) in [5, 5.41) is 3.38. The predicted octanol–water partition coefficient (Wildman–Crippen LogP) is 3.24. The molecule has 4 rings (SSSR count). The molecule has 0 spiro atoms. The highest BCUT2D eigenvalue weighted by Crippen LogP contribution is 2.30. The van der Waals surface area contributed by atoms with E-state index in [2.05, 4.69) is 22.2 Å². The molecule has 1 fully saturated rings. The van der Waals surface area contributed by atoms with Gasteiger partial charge in [-0.1, -0.05) is 13.0 Å². The second kappa shape index (κ2) is 9.16. The van der Waals surface area contributed by atoms with Gasteiger partial charge < -0.3 is 19.9 Å². The molecule has 1 aliphatic heterocycles. The van der Waals surface area contributed by atoms with E-state index in [0.29, 0.717) is 35.3 Å². The van der Waals surface area contributed by atoms with Crippen LogP contribution in [0.25, 0.3) is 16.6 Å². The quantitative estimate of drug-likeness (QED) is 0.617. The van der Waals surface area contributed by atoms with E-state index < -0.39 is 5.82 Å². The highest BCUT2D eigenvalue weighted by Gasteiger charge is 2.26. The lowest BCUT2D eigenvalue weighted by molar-refractivity contribution is 0.0909. The Morgan fingerprint density at radius 3 is 2.66 bits per heavy atom. The number of carbonyl (C=O) groups is 1. The van der Waals surface area contributed by atoms with Gasteiger partial charge in [0.05, 0.1) is 17.8 Å². The Balaban J connectivity index is 1.82. The van der Waals surface area contributed by atoms with Gasteiger partial charge in [-0.15, -0.1) is 0 Å². The molecule has 1 aromatic carbocycles. The van der Waals surface area contributed by atoms with Gasteiger partial charge in [0.2, 0.25) is 0 Å². The average molecular weight is 441 g/mol. The van der Waals surface area contributed by atoms with Gasteiger partial charge in [-0.2, -0.15) is 0 Å². The summed E-state index contributed by atoms with van der Waals surface area (Å²) in [5.74, 6) is -0.464. The SMILES string of the molecule is CCOc1c(C(=O)NC2CCN(C)CC2)[nH]c2cc(CC)n(-c3cccc(F)c3)c(=O)c12. The molecule has 2 aromatic heterocycles. The first kappa shape index (κ1) is 22.1. The van der Waals surface area contributed by atoms with Crippen LogP contribution in [0, 0.1) is 5.82 Å². The van der Waals surface area contributed by atoms with Crippen LogP contribution < -0.4 is 15.6 Å². The first-order chi connectivity index (χ1) is 15.4. The van der Waals surface area contributed by atoms with Gasteiger partial charge in [-0.05, 0) is 70.6 Å². The minimum atomic E-state index is -0.422. The van der Waals surface area contributed by atoms with Gasteiger partial charge >= 0.3 is 0 Å². The van der Waals surface area contributed by atoms with Crippen molar-refractivity contribution < 1.29 is 13.9 Å².